The highest BCUT2D eigenvalue weighted by molar-refractivity contribution is 7.92. The number of hydrogen-bond donors (Lipinski definition) is 1. The van der Waals surface area contributed by atoms with Crippen molar-refractivity contribution in [2.24, 2.45) is 0 Å². The molecule has 0 radical (unpaired) electrons. The van der Waals surface area contributed by atoms with Gasteiger partial charge in [0.2, 0.25) is 5.91 Å². The summed E-state index contributed by atoms with van der Waals surface area (Å²) >= 11 is 6.28. The van der Waals surface area contributed by atoms with Gasteiger partial charge in [-0.25, -0.2) is 8.42 Å². The number of benzene rings is 2. The summed E-state index contributed by atoms with van der Waals surface area (Å²) in [5.41, 5.74) is 2.01. The van der Waals surface area contributed by atoms with Crippen LogP contribution in [0, 0.1) is 13.8 Å². The highest BCUT2D eigenvalue weighted by Gasteiger charge is 2.29. The molecule has 2 aromatic carbocycles. The second kappa shape index (κ2) is 10.5. The number of nitrogens with zero attached hydrogens (tertiary/aromatic N) is 1. The smallest absolute Gasteiger partial charge is 0.264 e. The fourth-order valence-electron chi connectivity index (χ4n) is 4.01. The van der Waals surface area contributed by atoms with Crippen LogP contribution in [0.2, 0.25) is 5.02 Å². The van der Waals surface area contributed by atoms with Crippen molar-refractivity contribution in [3.8, 4) is 0 Å². The molecule has 1 fully saturated rings. The average molecular weight is 463 g/mol. The van der Waals surface area contributed by atoms with Crippen molar-refractivity contribution in [2.45, 2.75) is 69.7 Å². The molecule has 0 saturated heterocycles. The van der Waals surface area contributed by atoms with E-state index in [4.69, 9.17) is 11.6 Å². The summed E-state index contributed by atoms with van der Waals surface area (Å²) in [6.45, 7) is 3.38. The van der Waals surface area contributed by atoms with E-state index in [2.05, 4.69) is 5.32 Å². The van der Waals surface area contributed by atoms with Crippen molar-refractivity contribution < 1.29 is 13.2 Å². The number of sulfonamides is 1. The van der Waals surface area contributed by atoms with E-state index < -0.39 is 10.0 Å². The van der Waals surface area contributed by atoms with Crippen LogP contribution >= 0.6 is 11.6 Å². The zero-order valence-electron chi connectivity index (χ0n) is 18.2. The lowest BCUT2D eigenvalue weighted by Crippen LogP contribution is -2.44. The van der Waals surface area contributed by atoms with E-state index in [1.54, 1.807) is 49.4 Å². The Morgan fingerprint density at radius 1 is 1.00 bits per heavy atom. The van der Waals surface area contributed by atoms with E-state index in [9.17, 15) is 13.2 Å². The van der Waals surface area contributed by atoms with Crippen molar-refractivity contribution in [1.29, 1.82) is 0 Å². The summed E-state index contributed by atoms with van der Waals surface area (Å²) < 4.78 is 28.3. The Morgan fingerprint density at radius 2 is 1.61 bits per heavy atom. The van der Waals surface area contributed by atoms with Crippen molar-refractivity contribution in [2.75, 3.05) is 10.8 Å². The zero-order chi connectivity index (χ0) is 22.4. The molecule has 1 amide bonds. The van der Waals surface area contributed by atoms with Gasteiger partial charge >= 0.3 is 0 Å². The minimum atomic E-state index is -3.95. The molecule has 0 aliphatic heterocycles. The fraction of sp³-hybridized carbons (Fsp3) is 0.458. The molecule has 0 unspecified atom stereocenters. The van der Waals surface area contributed by atoms with Crippen LogP contribution in [0.4, 0.5) is 5.69 Å². The molecule has 2 aromatic rings. The summed E-state index contributed by atoms with van der Waals surface area (Å²) in [5.74, 6) is -0.291. The second-order valence-corrected chi connectivity index (χ2v) is 10.6. The molecule has 1 aliphatic carbocycles. The van der Waals surface area contributed by atoms with Crippen LogP contribution in [0.15, 0.2) is 47.4 Å². The first-order valence-electron chi connectivity index (χ1n) is 10.9. The van der Waals surface area contributed by atoms with Crippen LogP contribution in [-0.4, -0.2) is 26.9 Å². The summed E-state index contributed by atoms with van der Waals surface area (Å²) in [4.78, 5) is 13.1. The summed E-state index contributed by atoms with van der Waals surface area (Å²) in [5, 5.41) is 3.54. The van der Waals surface area contributed by atoms with Crippen molar-refractivity contribution in [3.63, 3.8) is 0 Å². The number of hydrogen-bond acceptors (Lipinski definition) is 3. The maximum atomic E-state index is 13.5. The molecule has 0 atom stereocenters. The Kier molecular flexibility index (Phi) is 8.00. The van der Waals surface area contributed by atoms with E-state index in [1.807, 2.05) is 6.92 Å². The highest BCUT2D eigenvalue weighted by Crippen LogP contribution is 2.31. The lowest BCUT2D eigenvalue weighted by Gasteiger charge is -2.27. The molecular weight excluding hydrogens is 432 g/mol. The van der Waals surface area contributed by atoms with Gasteiger partial charge < -0.3 is 5.32 Å². The molecule has 1 N–H and O–H groups in total. The molecule has 0 bridgehead atoms. The standard InChI is InChI=1S/C24H31ClN2O3S/c1-18-13-15-21(16-14-18)31(29,30)27(23-12-8-11-22(25)19(23)2)17-24(28)26-20-9-6-4-3-5-7-10-20/h8,11-16,20H,3-7,9-10,17H2,1-2H3,(H,26,28). The molecule has 0 spiro atoms. The minimum Gasteiger partial charge on any atom is -0.352 e. The van der Waals surface area contributed by atoms with Crippen molar-refractivity contribution in [3.05, 3.63) is 58.6 Å². The van der Waals surface area contributed by atoms with E-state index in [1.165, 1.54) is 23.6 Å². The first-order valence-corrected chi connectivity index (χ1v) is 12.7. The number of carbonyl (C=O) groups is 1. The van der Waals surface area contributed by atoms with Gasteiger partial charge in [0.1, 0.15) is 6.54 Å². The summed E-state index contributed by atoms with van der Waals surface area (Å²) in [6, 6.07) is 11.9. The summed E-state index contributed by atoms with van der Waals surface area (Å²) in [6.07, 6.45) is 7.66. The number of anilines is 1. The van der Waals surface area contributed by atoms with Gasteiger partial charge in [-0.3, -0.25) is 9.10 Å². The van der Waals surface area contributed by atoms with Gasteiger partial charge in [-0.05, 0) is 56.5 Å². The third-order valence-electron chi connectivity index (χ3n) is 5.87. The molecular formula is C24H31ClN2O3S. The van der Waals surface area contributed by atoms with Gasteiger partial charge in [0.15, 0.2) is 0 Å². The molecule has 5 nitrogen and oxygen atoms in total. The van der Waals surface area contributed by atoms with Crippen LogP contribution in [0.1, 0.15) is 56.1 Å². The summed E-state index contributed by atoms with van der Waals surface area (Å²) in [7, 11) is -3.95. The third-order valence-corrected chi connectivity index (χ3v) is 8.06. The van der Waals surface area contributed by atoms with Gasteiger partial charge in [0.25, 0.3) is 10.0 Å². The van der Waals surface area contributed by atoms with Gasteiger partial charge in [-0.1, -0.05) is 67.5 Å². The van der Waals surface area contributed by atoms with E-state index in [0.29, 0.717) is 16.3 Å². The Bertz CT molecular complexity index is 998. The van der Waals surface area contributed by atoms with Gasteiger partial charge in [-0.2, -0.15) is 0 Å². The maximum absolute atomic E-state index is 13.5. The largest absolute Gasteiger partial charge is 0.352 e. The molecule has 0 heterocycles. The maximum Gasteiger partial charge on any atom is 0.264 e. The number of carbonyl (C=O) groups excluding carboxylic acids is 1. The lowest BCUT2D eigenvalue weighted by atomic mass is 9.97. The lowest BCUT2D eigenvalue weighted by molar-refractivity contribution is -0.120. The molecule has 0 aromatic heterocycles. The van der Waals surface area contributed by atoms with Crippen LogP contribution in [0.5, 0.6) is 0 Å². The van der Waals surface area contributed by atoms with Gasteiger partial charge in [0.05, 0.1) is 10.6 Å². The van der Waals surface area contributed by atoms with E-state index in [-0.39, 0.29) is 23.4 Å². The number of amides is 1. The number of nitrogens with one attached hydrogen (secondary N) is 1. The molecule has 1 saturated carbocycles. The monoisotopic (exact) mass is 462 g/mol. The second-order valence-electron chi connectivity index (χ2n) is 8.32. The Labute approximate surface area is 190 Å². The normalized spacial score (nSPS) is 15.7. The van der Waals surface area contributed by atoms with Crippen LogP contribution in [0.3, 0.4) is 0 Å². The highest BCUT2D eigenvalue weighted by atomic mass is 35.5. The molecule has 7 heteroatoms. The van der Waals surface area contributed by atoms with Crippen LogP contribution in [0.25, 0.3) is 0 Å². The van der Waals surface area contributed by atoms with Crippen molar-refractivity contribution >= 4 is 33.2 Å². The van der Waals surface area contributed by atoms with E-state index in [0.717, 1.165) is 31.2 Å². The van der Waals surface area contributed by atoms with Crippen LogP contribution < -0.4 is 9.62 Å². The number of rotatable bonds is 6. The fourth-order valence-corrected chi connectivity index (χ4v) is 5.66. The molecule has 1 aliphatic rings. The number of halogens is 1. The first-order chi connectivity index (χ1) is 14.8. The first kappa shape index (κ1) is 23.6. The van der Waals surface area contributed by atoms with Gasteiger partial charge in [0, 0.05) is 11.1 Å². The third kappa shape index (κ3) is 6.01. The topological polar surface area (TPSA) is 66.5 Å². The molecule has 3 rings (SSSR count). The zero-order valence-corrected chi connectivity index (χ0v) is 19.8. The van der Waals surface area contributed by atoms with E-state index >= 15 is 0 Å². The minimum absolute atomic E-state index is 0.0946. The Balaban J connectivity index is 1.89. The SMILES string of the molecule is Cc1ccc(S(=O)(=O)N(CC(=O)NC2CCCCCCC2)c2cccc(Cl)c2C)cc1. The average Bonchev–Trinajstić information content (AvgIpc) is 2.71. The predicted octanol–water partition coefficient (Wildman–Crippen LogP) is 5.38. The Morgan fingerprint density at radius 3 is 2.26 bits per heavy atom. The number of aryl methyl sites for hydroxylation is 1. The van der Waals surface area contributed by atoms with Crippen molar-refractivity contribution in [1.82, 2.24) is 5.32 Å². The predicted molar refractivity (Wildman–Crippen MR) is 126 cm³/mol. The molecule has 168 valence electrons. The van der Waals surface area contributed by atoms with Crippen LogP contribution in [-0.2, 0) is 14.8 Å². The quantitative estimate of drug-likeness (QED) is 0.626. The Hall–Kier alpha value is -2.05. The molecule has 31 heavy (non-hydrogen) atoms. The van der Waals surface area contributed by atoms with Gasteiger partial charge in [-0.15, -0.1) is 0 Å².